The third-order valence-corrected chi connectivity index (χ3v) is 5.92. The molecule has 1 amide bonds. The Morgan fingerprint density at radius 1 is 1.29 bits per heavy atom. The van der Waals surface area contributed by atoms with Gasteiger partial charge in [-0.1, -0.05) is 6.92 Å². The Labute approximate surface area is 166 Å². The molecule has 0 fully saturated rings. The van der Waals surface area contributed by atoms with E-state index in [4.69, 9.17) is 9.47 Å². The summed E-state index contributed by atoms with van der Waals surface area (Å²) >= 11 is 1.49. The second-order valence-electron chi connectivity index (χ2n) is 6.40. The molecule has 0 saturated carbocycles. The van der Waals surface area contributed by atoms with Crippen LogP contribution in [0.4, 0.5) is 5.69 Å². The molecular formula is C20H23N3O4S. The van der Waals surface area contributed by atoms with Gasteiger partial charge in [0.05, 0.1) is 31.6 Å². The summed E-state index contributed by atoms with van der Waals surface area (Å²) in [7, 11) is 3.08. The number of nitrogens with one attached hydrogen (secondary N) is 1. The van der Waals surface area contributed by atoms with E-state index in [1.54, 1.807) is 25.3 Å². The van der Waals surface area contributed by atoms with E-state index in [2.05, 4.69) is 10.3 Å². The lowest BCUT2D eigenvalue weighted by molar-refractivity contribution is -0.119. The number of carbonyl (C=O) groups is 1. The number of ether oxygens (including phenoxy) is 2. The lowest BCUT2D eigenvalue weighted by atomic mass is 10.1. The quantitative estimate of drug-likeness (QED) is 0.681. The number of amides is 1. The van der Waals surface area contributed by atoms with E-state index in [0.717, 1.165) is 10.4 Å². The summed E-state index contributed by atoms with van der Waals surface area (Å²) in [6.45, 7) is 5.73. The number of hydrogen-bond donors (Lipinski definition) is 1. The highest BCUT2D eigenvalue weighted by Gasteiger charge is 2.23. The van der Waals surface area contributed by atoms with Crippen LogP contribution in [-0.2, 0) is 4.79 Å². The number of hydrogen-bond acceptors (Lipinski definition) is 6. The molecule has 8 heteroatoms. The Bertz CT molecular complexity index is 1090. The lowest BCUT2D eigenvalue weighted by Crippen LogP contribution is -2.33. The Hall–Kier alpha value is -2.87. The van der Waals surface area contributed by atoms with Crippen molar-refractivity contribution in [3.63, 3.8) is 0 Å². The minimum Gasteiger partial charge on any atom is -0.497 e. The average Bonchev–Trinajstić information content (AvgIpc) is 2.98. The smallest absolute Gasteiger partial charge is 0.263 e. The second-order valence-corrected chi connectivity index (χ2v) is 7.60. The van der Waals surface area contributed by atoms with Crippen LogP contribution in [0.5, 0.6) is 11.5 Å². The molecule has 1 atom stereocenters. The topological polar surface area (TPSA) is 82.4 Å². The highest BCUT2D eigenvalue weighted by atomic mass is 32.1. The predicted octanol–water partition coefficient (Wildman–Crippen LogP) is 3.68. The fourth-order valence-corrected chi connectivity index (χ4v) is 4.09. The third kappa shape index (κ3) is 3.47. The van der Waals surface area contributed by atoms with Gasteiger partial charge in [0.2, 0.25) is 5.91 Å². The van der Waals surface area contributed by atoms with Crippen LogP contribution in [0.25, 0.3) is 10.2 Å². The Balaban J connectivity index is 1.99. The molecule has 7 nitrogen and oxygen atoms in total. The molecule has 0 aliphatic carbocycles. The minimum atomic E-state index is -0.695. The Morgan fingerprint density at radius 3 is 2.68 bits per heavy atom. The van der Waals surface area contributed by atoms with Crippen molar-refractivity contribution in [3.05, 3.63) is 45.3 Å². The van der Waals surface area contributed by atoms with Crippen LogP contribution in [0.3, 0.4) is 0 Å². The molecule has 0 bridgehead atoms. The van der Waals surface area contributed by atoms with E-state index in [0.29, 0.717) is 33.8 Å². The van der Waals surface area contributed by atoms with Crippen molar-refractivity contribution >= 4 is 33.1 Å². The molecule has 2 aromatic heterocycles. The van der Waals surface area contributed by atoms with Gasteiger partial charge in [-0.05, 0) is 38.0 Å². The van der Waals surface area contributed by atoms with Crippen molar-refractivity contribution in [2.24, 2.45) is 0 Å². The number of rotatable bonds is 6. The molecule has 0 aliphatic rings. The van der Waals surface area contributed by atoms with E-state index < -0.39 is 6.04 Å². The molecule has 0 radical (unpaired) electrons. The van der Waals surface area contributed by atoms with E-state index in [9.17, 15) is 9.59 Å². The molecule has 1 unspecified atom stereocenters. The molecule has 1 N–H and O–H groups in total. The van der Waals surface area contributed by atoms with Gasteiger partial charge in [0.15, 0.2) is 0 Å². The summed E-state index contributed by atoms with van der Waals surface area (Å²) in [5, 5.41) is 3.43. The summed E-state index contributed by atoms with van der Waals surface area (Å²) in [5.41, 5.74) is 1.19. The number of aryl methyl sites for hydroxylation is 2. The van der Waals surface area contributed by atoms with Gasteiger partial charge in [0.25, 0.3) is 5.56 Å². The maximum Gasteiger partial charge on any atom is 0.263 e. The Kier molecular flexibility index (Phi) is 5.69. The van der Waals surface area contributed by atoms with Crippen LogP contribution in [0.1, 0.15) is 29.8 Å². The third-order valence-electron chi connectivity index (χ3n) is 4.80. The molecule has 28 heavy (non-hydrogen) atoms. The van der Waals surface area contributed by atoms with E-state index in [1.807, 2.05) is 20.8 Å². The second kappa shape index (κ2) is 8.02. The van der Waals surface area contributed by atoms with E-state index in [1.165, 1.54) is 29.3 Å². The number of anilines is 1. The number of thiophene rings is 1. The maximum atomic E-state index is 13.0. The fourth-order valence-electron chi connectivity index (χ4n) is 3.11. The van der Waals surface area contributed by atoms with Crippen molar-refractivity contribution < 1.29 is 14.3 Å². The first-order chi connectivity index (χ1) is 13.4. The summed E-state index contributed by atoms with van der Waals surface area (Å²) in [4.78, 5) is 32.2. The van der Waals surface area contributed by atoms with Gasteiger partial charge in [-0.15, -0.1) is 11.3 Å². The zero-order valence-corrected chi connectivity index (χ0v) is 17.3. The molecule has 0 saturated heterocycles. The monoisotopic (exact) mass is 401 g/mol. The summed E-state index contributed by atoms with van der Waals surface area (Å²) in [6.07, 6.45) is 1.89. The fraction of sp³-hybridized carbons (Fsp3) is 0.350. The zero-order valence-electron chi connectivity index (χ0n) is 16.5. The highest BCUT2D eigenvalue weighted by Crippen LogP contribution is 2.30. The molecule has 0 aliphatic heterocycles. The maximum absolute atomic E-state index is 13.0. The van der Waals surface area contributed by atoms with Gasteiger partial charge in [-0.25, -0.2) is 4.98 Å². The van der Waals surface area contributed by atoms with Crippen molar-refractivity contribution in [2.45, 2.75) is 33.2 Å². The first kappa shape index (κ1) is 19.9. The molecule has 1 aromatic carbocycles. The molecule has 3 rings (SSSR count). The minimum absolute atomic E-state index is 0.202. The van der Waals surface area contributed by atoms with Crippen LogP contribution in [-0.4, -0.2) is 29.7 Å². The van der Waals surface area contributed by atoms with Gasteiger partial charge in [0.1, 0.15) is 22.4 Å². The number of fused-ring (bicyclic) bond motifs is 1. The van der Waals surface area contributed by atoms with Crippen LogP contribution >= 0.6 is 11.3 Å². The summed E-state index contributed by atoms with van der Waals surface area (Å²) in [5.74, 6) is 0.782. The lowest BCUT2D eigenvalue weighted by Gasteiger charge is -2.19. The zero-order chi connectivity index (χ0) is 20.4. The van der Waals surface area contributed by atoms with Gasteiger partial charge in [-0.2, -0.15) is 0 Å². The number of methoxy groups -OCH3 is 2. The molecule has 2 heterocycles. The standard InChI is InChI=1S/C20H23N3O4S/c1-6-15(18(24)22-14-9-13(26-4)7-8-16(14)27-5)23-10-21-19-17(20(23)25)11(2)12(3)28-19/h7-10,15H,6H2,1-5H3,(H,22,24). The van der Waals surface area contributed by atoms with E-state index >= 15 is 0 Å². The van der Waals surface area contributed by atoms with Crippen LogP contribution < -0.4 is 20.3 Å². The van der Waals surface area contributed by atoms with E-state index in [-0.39, 0.29) is 11.5 Å². The highest BCUT2D eigenvalue weighted by molar-refractivity contribution is 7.18. The van der Waals surface area contributed by atoms with Crippen LogP contribution in [0.2, 0.25) is 0 Å². The van der Waals surface area contributed by atoms with Gasteiger partial charge < -0.3 is 14.8 Å². The number of aromatic nitrogens is 2. The molecule has 3 aromatic rings. The molecule has 0 spiro atoms. The van der Waals surface area contributed by atoms with Crippen molar-refractivity contribution in [1.82, 2.24) is 9.55 Å². The normalized spacial score (nSPS) is 12.0. The Morgan fingerprint density at radius 2 is 2.04 bits per heavy atom. The molecule has 148 valence electrons. The average molecular weight is 401 g/mol. The van der Waals surface area contributed by atoms with Gasteiger partial charge >= 0.3 is 0 Å². The summed E-state index contributed by atoms with van der Waals surface area (Å²) < 4.78 is 11.9. The van der Waals surface area contributed by atoms with Crippen LogP contribution in [0, 0.1) is 13.8 Å². The van der Waals surface area contributed by atoms with Crippen LogP contribution in [0.15, 0.2) is 29.3 Å². The first-order valence-corrected chi connectivity index (χ1v) is 9.72. The van der Waals surface area contributed by atoms with Crippen molar-refractivity contribution in [1.29, 1.82) is 0 Å². The summed E-state index contributed by atoms with van der Waals surface area (Å²) in [6, 6.07) is 4.45. The SMILES string of the molecule is CCC(C(=O)Nc1cc(OC)ccc1OC)n1cnc2sc(C)c(C)c2c1=O. The van der Waals surface area contributed by atoms with Gasteiger partial charge in [0, 0.05) is 10.9 Å². The van der Waals surface area contributed by atoms with Crippen molar-refractivity contribution in [3.8, 4) is 11.5 Å². The van der Waals surface area contributed by atoms with Gasteiger partial charge in [-0.3, -0.25) is 14.2 Å². The number of benzene rings is 1. The largest absolute Gasteiger partial charge is 0.497 e. The van der Waals surface area contributed by atoms with Crippen molar-refractivity contribution in [2.75, 3.05) is 19.5 Å². The first-order valence-electron chi connectivity index (χ1n) is 8.91. The predicted molar refractivity (Wildman–Crippen MR) is 111 cm³/mol. The number of carbonyl (C=O) groups excluding carboxylic acids is 1. The molecular weight excluding hydrogens is 378 g/mol. The number of nitrogens with zero attached hydrogens (tertiary/aromatic N) is 2.